The molecule has 0 aromatic heterocycles. The number of hydrogen-bond acceptors (Lipinski definition) is 2. The van der Waals surface area contributed by atoms with Crippen LogP contribution in [-0.2, 0) is 4.79 Å². The smallest absolute Gasteiger partial charge is 0.217 e. The number of nitrogens with one attached hydrogen (secondary N) is 1. The van der Waals surface area contributed by atoms with Gasteiger partial charge in [0.05, 0.1) is 0 Å². The van der Waals surface area contributed by atoms with Crippen LogP contribution < -0.4 is 5.32 Å². The van der Waals surface area contributed by atoms with Gasteiger partial charge in [-0.3, -0.25) is 4.79 Å². The standard InChI is InChI=1S/C12H25NO2/c1-10(7-9-14)6-5-8-12(3,4)13-11(2)15/h10,14H,5-9H2,1-4H3,(H,13,15). The summed E-state index contributed by atoms with van der Waals surface area (Å²) in [6.45, 7) is 8.07. The summed E-state index contributed by atoms with van der Waals surface area (Å²) in [6, 6.07) is 0. The predicted molar refractivity (Wildman–Crippen MR) is 62.6 cm³/mol. The molecule has 1 atom stereocenters. The first-order chi connectivity index (χ1) is 6.87. The van der Waals surface area contributed by atoms with E-state index in [0.29, 0.717) is 5.92 Å². The van der Waals surface area contributed by atoms with Crippen molar-refractivity contribution in [1.29, 1.82) is 0 Å². The minimum atomic E-state index is -0.106. The Kier molecular flexibility index (Phi) is 6.57. The van der Waals surface area contributed by atoms with E-state index in [2.05, 4.69) is 12.2 Å². The summed E-state index contributed by atoms with van der Waals surface area (Å²) in [4.78, 5) is 10.9. The third kappa shape index (κ3) is 8.43. The van der Waals surface area contributed by atoms with Gasteiger partial charge in [-0.2, -0.15) is 0 Å². The Hall–Kier alpha value is -0.570. The summed E-state index contributed by atoms with van der Waals surface area (Å²) in [5.74, 6) is 0.603. The van der Waals surface area contributed by atoms with Crippen LogP contribution in [0.2, 0.25) is 0 Å². The van der Waals surface area contributed by atoms with Gasteiger partial charge in [0.1, 0.15) is 0 Å². The minimum Gasteiger partial charge on any atom is -0.396 e. The fraction of sp³-hybridized carbons (Fsp3) is 0.917. The summed E-state index contributed by atoms with van der Waals surface area (Å²) in [6.07, 6.45) is 4.07. The molecule has 0 radical (unpaired) electrons. The lowest BCUT2D eigenvalue weighted by atomic mass is 9.93. The van der Waals surface area contributed by atoms with Gasteiger partial charge in [0.15, 0.2) is 0 Å². The number of rotatable bonds is 7. The molecule has 1 amide bonds. The molecule has 0 aromatic carbocycles. The molecular weight excluding hydrogens is 190 g/mol. The highest BCUT2D eigenvalue weighted by atomic mass is 16.3. The highest BCUT2D eigenvalue weighted by molar-refractivity contribution is 5.73. The number of carbonyl (C=O) groups excluding carboxylic acids is 1. The predicted octanol–water partition coefficient (Wildman–Crippen LogP) is 2.09. The molecule has 0 aliphatic heterocycles. The zero-order valence-electron chi connectivity index (χ0n) is 10.5. The summed E-state index contributed by atoms with van der Waals surface area (Å²) in [7, 11) is 0. The molecule has 3 nitrogen and oxygen atoms in total. The SMILES string of the molecule is CC(=O)NC(C)(C)CCCC(C)CCO. The number of amides is 1. The van der Waals surface area contributed by atoms with Crippen molar-refractivity contribution in [2.75, 3.05) is 6.61 Å². The van der Waals surface area contributed by atoms with Gasteiger partial charge in [-0.25, -0.2) is 0 Å². The molecule has 15 heavy (non-hydrogen) atoms. The molecule has 0 spiro atoms. The van der Waals surface area contributed by atoms with E-state index in [-0.39, 0.29) is 18.1 Å². The second-order valence-corrected chi connectivity index (χ2v) is 5.07. The topological polar surface area (TPSA) is 49.3 Å². The van der Waals surface area contributed by atoms with Crippen molar-refractivity contribution in [2.24, 2.45) is 5.92 Å². The molecule has 0 bridgehead atoms. The van der Waals surface area contributed by atoms with Crippen molar-refractivity contribution < 1.29 is 9.90 Å². The largest absolute Gasteiger partial charge is 0.396 e. The molecule has 0 saturated heterocycles. The molecule has 0 heterocycles. The lowest BCUT2D eigenvalue weighted by Gasteiger charge is -2.26. The van der Waals surface area contributed by atoms with E-state index in [9.17, 15) is 4.79 Å². The zero-order chi connectivity index (χ0) is 11.9. The first-order valence-electron chi connectivity index (χ1n) is 5.77. The number of aliphatic hydroxyl groups excluding tert-OH is 1. The van der Waals surface area contributed by atoms with E-state index in [1.54, 1.807) is 6.92 Å². The van der Waals surface area contributed by atoms with Crippen LogP contribution in [0.1, 0.15) is 53.4 Å². The maximum Gasteiger partial charge on any atom is 0.217 e. The third-order valence-electron chi connectivity index (χ3n) is 2.64. The molecule has 0 aliphatic rings. The second kappa shape index (κ2) is 6.83. The van der Waals surface area contributed by atoms with Gasteiger partial charge in [-0.15, -0.1) is 0 Å². The van der Waals surface area contributed by atoms with Crippen molar-refractivity contribution in [3.63, 3.8) is 0 Å². The molecule has 0 fully saturated rings. The Morgan fingerprint density at radius 2 is 2.00 bits per heavy atom. The molecule has 0 aromatic rings. The normalized spacial score (nSPS) is 13.7. The van der Waals surface area contributed by atoms with Crippen molar-refractivity contribution in [1.82, 2.24) is 5.32 Å². The van der Waals surface area contributed by atoms with Crippen molar-refractivity contribution in [3.05, 3.63) is 0 Å². The average molecular weight is 215 g/mol. The van der Waals surface area contributed by atoms with Gasteiger partial charge < -0.3 is 10.4 Å². The van der Waals surface area contributed by atoms with Gasteiger partial charge in [-0.1, -0.05) is 19.8 Å². The van der Waals surface area contributed by atoms with Crippen LogP contribution in [0.5, 0.6) is 0 Å². The fourth-order valence-corrected chi connectivity index (χ4v) is 1.80. The maximum absolute atomic E-state index is 10.9. The van der Waals surface area contributed by atoms with Crippen LogP contribution in [0, 0.1) is 5.92 Å². The molecule has 0 rings (SSSR count). The lowest BCUT2D eigenvalue weighted by molar-refractivity contribution is -0.120. The number of hydrogen-bond donors (Lipinski definition) is 2. The molecule has 3 heteroatoms. The van der Waals surface area contributed by atoms with Gasteiger partial charge in [0.25, 0.3) is 0 Å². The van der Waals surface area contributed by atoms with Crippen LogP contribution in [-0.4, -0.2) is 23.2 Å². The maximum atomic E-state index is 10.9. The summed E-state index contributed by atoms with van der Waals surface area (Å²) in [5, 5.41) is 11.7. The molecule has 90 valence electrons. The summed E-state index contributed by atoms with van der Waals surface area (Å²) >= 11 is 0. The van der Waals surface area contributed by atoms with E-state index >= 15 is 0 Å². The Labute approximate surface area is 93.3 Å². The molecule has 1 unspecified atom stereocenters. The highest BCUT2D eigenvalue weighted by Gasteiger charge is 2.18. The average Bonchev–Trinajstić information content (AvgIpc) is 2.01. The molecule has 2 N–H and O–H groups in total. The van der Waals surface area contributed by atoms with Crippen LogP contribution in [0.3, 0.4) is 0 Å². The van der Waals surface area contributed by atoms with E-state index in [1.807, 2.05) is 13.8 Å². The molecule has 0 aliphatic carbocycles. The number of aliphatic hydroxyl groups is 1. The summed E-state index contributed by atoms with van der Waals surface area (Å²) < 4.78 is 0. The molecular formula is C12H25NO2. The second-order valence-electron chi connectivity index (χ2n) is 5.07. The monoisotopic (exact) mass is 215 g/mol. The van der Waals surface area contributed by atoms with Crippen LogP contribution in [0.15, 0.2) is 0 Å². The quantitative estimate of drug-likeness (QED) is 0.683. The van der Waals surface area contributed by atoms with Crippen LogP contribution >= 0.6 is 0 Å². The zero-order valence-corrected chi connectivity index (χ0v) is 10.5. The van der Waals surface area contributed by atoms with Gasteiger partial charge in [-0.05, 0) is 32.6 Å². The van der Waals surface area contributed by atoms with Crippen LogP contribution in [0.4, 0.5) is 0 Å². The molecule has 0 saturated carbocycles. The number of carbonyl (C=O) groups is 1. The van der Waals surface area contributed by atoms with Crippen LogP contribution in [0.25, 0.3) is 0 Å². The minimum absolute atomic E-state index is 0.0309. The van der Waals surface area contributed by atoms with Crippen molar-refractivity contribution in [2.45, 2.75) is 58.9 Å². The summed E-state index contributed by atoms with van der Waals surface area (Å²) in [5.41, 5.74) is -0.106. The first-order valence-corrected chi connectivity index (χ1v) is 5.77. The lowest BCUT2D eigenvalue weighted by Crippen LogP contribution is -2.42. The first kappa shape index (κ1) is 14.4. The van der Waals surface area contributed by atoms with Gasteiger partial charge in [0, 0.05) is 19.1 Å². The van der Waals surface area contributed by atoms with Crippen molar-refractivity contribution >= 4 is 5.91 Å². The van der Waals surface area contributed by atoms with Gasteiger partial charge >= 0.3 is 0 Å². The fourth-order valence-electron chi connectivity index (χ4n) is 1.80. The van der Waals surface area contributed by atoms with Crippen molar-refractivity contribution in [3.8, 4) is 0 Å². The van der Waals surface area contributed by atoms with E-state index in [1.165, 1.54) is 0 Å². The Morgan fingerprint density at radius 3 is 2.47 bits per heavy atom. The van der Waals surface area contributed by atoms with E-state index < -0.39 is 0 Å². The Balaban J connectivity index is 3.69. The Morgan fingerprint density at radius 1 is 1.40 bits per heavy atom. The van der Waals surface area contributed by atoms with E-state index in [0.717, 1.165) is 25.7 Å². The van der Waals surface area contributed by atoms with E-state index in [4.69, 9.17) is 5.11 Å². The third-order valence-corrected chi connectivity index (χ3v) is 2.64. The van der Waals surface area contributed by atoms with Gasteiger partial charge in [0.2, 0.25) is 5.91 Å². The highest BCUT2D eigenvalue weighted by Crippen LogP contribution is 2.17. The Bertz CT molecular complexity index is 190.